The second kappa shape index (κ2) is 10.6. The fourth-order valence-corrected chi connectivity index (χ4v) is 4.89. The molecule has 182 valence electrons. The van der Waals surface area contributed by atoms with Gasteiger partial charge in [-0.25, -0.2) is 14.4 Å². The summed E-state index contributed by atoms with van der Waals surface area (Å²) >= 11 is 6.61. The molecule has 1 heterocycles. The molecule has 3 aromatic carbocycles. The third-order valence-corrected chi connectivity index (χ3v) is 6.67. The van der Waals surface area contributed by atoms with Crippen LogP contribution in [0.1, 0.15) is 41.2 Å². The summed E-state index contributed by atoms with van der Waals surface area (Å²) in [6.07, 6.45) is 0.959. The molecule has 35 heavy (non-hydrogen) atoms. The SMILES string of the molecule is CC(=Nc1c(C)cccc1C)N1CCCN(C(=Nc2c(C)cc(C)cc2Cl)c2ccc(F)cc2)C1. The van der Waals surface area contributed by atoms with Gasteiger partial charge in [-0.2, -0.15) is 0 Å². The Labute approximate surface area is 212 Å². The van der Waals surface area contributed by atoms with E-state index in [2.05, 4.69) is 54.8 Å². The van der Waals surface area contributed by atoms with Gasteiger partial charge in [0.05, 0.1) is 23.1 Å². The first kappa shape index (κ1) is 24.9. The molecule has 1 aliphatic rings. The number of nitrogens with zero attached hydrogens (tertiary/aromatic N) is 4. The lowest BCUT2D eigenvalue weighted by molar-refractivity contribution is 0.213. The van der Waals surface area contributed by atoms with Crippen molar-refractivity contribution in [2.75, 3.05) is 19.8 Å². The highest BCUT2D eigenvalue weighted by Gasteiger charge is 2.23. The first-order valence-electron chi connectivity index (χ1n) is 12.0. The lowest BCUT2D eigenvalue weighted by atomic mass is 10.1. The predicted molar refractivity (Wildman–Crippen MR) is 145 cm³/mol. The topological polar surface area (TPSA) is 31.2 Å². The van der Waals surface area contributed by atoms with Crippen LogP contribution in [0.2, 0.25) is 5.02 Å². The van der Waals surface area contributed by atoms with Crippen LogP contribution >= 0.6 is 11.6 Å². The quantitative estimate of drug-likeness (QED) is 0.281. The van der Waals surface area contributed by atoms with Gasteiger partial charge in [0.15, 0.2) is 0 Å². The van der Waals surface area contributed by atoms with E-state index in [1.54, 1.807) is 12.1 Å². The van der Waals surface area contributed by atoms with Crippen molar-refractivity contribution >= 4 is 34.6 Å². The van der Waals surface area contributed by atoms with E-state index in [9.17, 15) is 4.39 Å². The minimum atomic E-state index is -0.269. The van der Waals surface area contributed by atoms with Crippen LogP contribution in [-0.4, -0.2) is 41.2 Å². The Hall–Kier alpha value is -3.18. The molecule has 0 bridgehead atoms. The van der Waals surface area contributed by atoms with Gasteiger partial charge in [0.1, 0.15) is 17.5 Å². The van der Waals surface area contributed by atoms with E-state index in [0.29, 0.717) is 11.7 Å². The van der Waals surface area contributed by atoms with Gasteiger partial charge in [-0.3, -0.25) is 0 Å². The van der Waals surface area contributed by atoms with Crippen molar-refractivity contribution in [1.29, 1.82) is 0 Å². The Balaban J connectivity index is 1.71. The molecule has 0 N–H and O–H groups in total. The smallest absolute Gasteiger partial charge is 0.138 e. The number of aryl methyl sites for hydroxylation is 4. The monoisotopic (exact) mass is 490 g/mol. The average molecular weight is 491 g/mol. The molecule has 0 amide bonds. The summed E-state index contributed by atoms with van der Waals surface area (Å²) in [5.41, 5.74) is 7.06. The number of halogens is 2. The number of amidine groups is 2. The van der Waals surface area contributed by atoms with Crippen molar-refractivity contribution in [3.8, 4) is 0 Å². The number of hydrogen-bond donors (Lipinski definition) is 0. The Kier molecular flexibility index (Phi) is 7.56. The number of hydrogen-bond acceptors (Lipinski definition) is 2. The second-order valence-corrected chi connectivity index (χ2v) is 9.68. The maximum atomic E-state index is 13.7. The fourth-order valence-electron chi connectivity index (χ4n) is 4.52. The van der Waals surface area contributed by atoms with Gasteiger partial charge < -0.3 is 9.80 Å². The van der Waals surface area contributed by atoms with E-state index in [1.807, 2.05) is 19.9 Å². The fraction of sp³-hybridized carbons (Fsp3) is 0.310. The molecule has 6 heteroatoms. The molecule has 0 atom stereocenters. The minimum Gasteiger partial charge on any atom is -0.342 e. The van der Waals surface area contributed by atoms with Crippen molar-refractivity contribution in [1.82, 2.24) is 9.80 Å². The molecule has 1 aliphatic heterocycles. The standard InChI is InChI=1S/C29H32ClFN4/c1-19-16-22(4)28(26(30)17-19)33-29(24-10-12-25(31)13-11-24)35-15-7-14-34(18-35)23(5)32-27-20(2)8-6-9-21(27)3/h6,8-13,16-17H,7,14-15,18H2,1-5H3. The first-order chi connectivity index (χ1) is 16.7. The highest BCUT2D eigenvalue weighted by atomic mass is 35.5. The lowest BCUT2D eigenvalue weighted by Gasteiger charge is -2.38. The van der Waals surface area contributed by atoms with Crippen molar-refractivity contribution in [2.45, 2.75) is 41.0 Å². The summed E-state index contributed by atoms with van der Waals surface area (Å²) in [5, 5.41) is 0.615. The molecule has 0 radical (unpaired) electrons. The molecule has 4 nitrogen and oxygen atoms in total. The summed E-state index contributed by atoms with van der Waals surface area (Å²) in [6.45, 7) is 12.7. The molecule has 3 aromatic rings. The van der Waals surface area contributed by atoms with Crippen molar-refractivity contribution in [3.63, 3.8) is 0 Å². The molecule has 0 aliphatic carbocycles. The van der Waals surface area contributed by atoms with Gasteiger partial charge in [-0.05, 0) is 93.6 Å². The van der Waals surface area contributed by atoms with Crippen molar-refractivity contribution in [3.05, 3.63) is 93.3 Å². The summed E-state index contributed by atoms with van der Waals surface area (Å²) in [5.74, 6) is 1.48. The summed E-state index contributed by atoms with van der Waals surface area (Å²) in [6, 6.07) is 16.8. The largest absolute Gasteiger partial charge is 0.342 e. The zero-order chi connectivity index (χ0) is 25.1. The maximum Gasteiger partial charge on any atom is 0.138 e. The van der Waals surface area contributed by atoms with Gasteiger partial charge in [-0.1, -0.05) is 35.9 Å². The van der Waals surface area contributed by atoms with Gasteiger partial charge in [0.25, 0.3) is 0 Å². The van der Waals surface area contributed by atoms with E-state index in [-0.39, 0.29) is 5.82 Å². The molecule has 0 saturated carbocycles. The second-order valence-electron chi connectivity index (χ2n) is 9.28. The molecule has 0 unspecified atom stereocenters. The zero-order valence-corrected chi connectivity index (χ0v) is 21.8. The Bertz CT molecular complexity index is 1240. The highest BCUT2D eigenvalue weighted by molar-refractivity contribution is 6.33. The predicted octanol–water partition coefficient (Wildman–Crippen LogP) is 7.51. The minimum absolute atomic E-state index is 0.269. The molecule has 1 saturated heterocycles. The first-order valence-corrected chi connectivity index (χ1v) is 12.3. The summed E-state index contributed by atoms with van der Waals surface area (Å²) in [4.78, 5) is 14.5. The zero-order valence-electron chi connectivity index (χ0n) is 21.1. The van der Waals surface area contributed by atoms with Gasteiger partial charge >= 0.3 is 0 Å². The Morgan fingerprint density at radius 3 is 2.14 bits per heavy atom. The summed E-state index contributed by atoms with van der Waals surface area (Å²) < 4.78 is 13.7. The van der Waals surface area contributed by atoms with Gasteiger partial charge in [-0.15, -0.1) is 0 Å². The van der Waals surface area contributed by atoms with Crippen molar-refractivity contribution < 1.29 is 4.39 Å². The van der Waals surface area contributed by atoms with Crippen LogP contribution in [0.25, 0.3) is 0 Å². The molecular weight excluding hydrogens is 459 g/mol. The molecule has 4 rings (SSSR count). The van der Waals surface area contributed by atoms with E-state index in [1.165, 1.54) is 12.1 Å². The van der Waals surface area contributed by atoms with Crippen LogP contribution in [0.15, 0.2) is 64.6 Å². The van der Waals surface area contributed by atoms with Gasteiger partial charge in [0.2, 0.25) is 0 Å². The Morgan fingerprint density at radius 2 is 1.49 bits per heavy atom. The lowest BCUT2D eigenvalue weighted by Crippen LogP contribution is -2.49. The summed E-state index contributed by atoms with van der Waals surface area (Å²) in [7, 11) is 0. The van der Waals surface area contributed by atoms with Crippen LogP contribution in [0, 0.1) is 33.5 Å². The normalized spacial score (nSPS) is 15.1. The van der Waals surface area contributed by atoms with E-state index < -0.39 is 0 Å². The van der Waals surface area contributed by atoms with Gasteiger partial charge in [0, 0.05) is 18.7 Å². The maximum absolute atomic E-state index is 13.7. The van der Waals surface area contributed by atoms with Crippen LogP contribution in [-0.2, 0) is 0 Å². The van der Waals surface area contributed by atoms with Crippen LogP contribution in [0.4, 0.5) is 15.8 Å². The number of rotatable bonds is 3. The average Bonchev–Trinajstić information content (AvgIpc) is 2.82. The highest BCUT2D eigenvalue weighted by Crippen LogP contribution is 2.32. The third kappa shape index (κ3) is 5.73. The van der Waals surface area contributed by atoms with E-state index in [4.69, 9.17) is 21.6 Å². The molecule has 0 aromatic heterocycles. The molecule has 0 spiro atoms. The van der Waals surface area contributed by atoms with Crippen LogP contribution in [0.3, 0.4) is 0 Å². The number of para-hydroxylation sites is 1. The van der Waals surface area contributed by atoms with Crippen LogP contribution < -0.4 is 0 Å². The number of benzene rings is 3. The third-order valence-electron chi connectivity index (χ3n) is 6.39. The number of aliphatic imine (C=N–C) groups is 2. The Morgan fingerprint density at radius 1 is 0.829 bits per heavy atom. The van der Waals surface area contributed by atoms with E-state index >= 15 is 0 Å². The van der Waals surface area contributed by atoms with Crippen LogP contribution in [0.5, 0.6) is 0 Å². The molecular formula is C29H32ClFN4. The van der Waals surface area contributed by atoms with Crippen molar-refractivity contribution in [2.24, 2.45) is 9.98 Å². The molecule has 1 fully saturated rings. The van der Waals surface area contributed by atoms with E-state index in [0.717, 1.165) is 70.4 Å².